The molecule has 2 aromatic rings. The van der Waals surface area contributed by atoms with Crippen molar-refractivity contribution >= 4 is 29.0 Å². The first-order valence-corrected chi connectivity index (χ1v) is 10.5. The van der Waals surface area contributed by atoms with Gasteiger partial charge in [0, 0.05) is 24.8 Å². The molecule has 0 radical (unpaired) electrons. The van der Waals surface area contributed by atoms with Crippen molar-refractivity contribution < 1.29 is 9.53 Å². The van der Waals surface area contributed by atoms with Crippen LogP contribution in [0.2, 0.25) is 10.0 Å². The van der Waals surface area contributed by atoms with Gasteiger partial charge in [-0.3, -0.25) is 4.79 Å². The third-order valence-corrected chi connectivity index (χ3v) is 6.29. The molecule has 1 heterocycles. The predicted octanol–water partition coefficient (Wildman–Crippen LogP) is 5.39. The van der Waals surface area contributed by atoms with E-state index in [0.29, 0.717) is 16.1 Å². The van der Waals surface area contributed by atoms with E-state index in [1.54, 1.807) is 0 Å². The van der Waals surface area contributed by atoms with Crippen LogP contribution in [0.1, 0.15) is 40.7 Å². The van der Waals surface area contributed by atoms with E-state index in [-0.39, 0.29) is 11.9 Å². The fraction of sp³-hybridized carbons (Fsp3) is 0.348. The summed E-state index contributed by atoms with van der Waals surface area (Å²) in [6.45, 7) is 1.50. The Hall–Kier alpha value is -1.65. The van der Waals surface area contributed by atoms with Crippen molar-refractivity contribution in [3.8, 4) is 0 Å². The third kappa shape index (κ3) is 4.49. The molecule has 2 atom stereocenters. The molecule has 0 unspecified atom stereocenters. The van der Waals surface area contributed by atoms with Crippen LogP contribution in [-0.4, -0.2) is 24.5 Å². The summed E-state index contributed by atoms with van der Waals surface area (Å²) in [6, 6.07) is 13.9. The highest BCUT2D eigenvalue weighted by Crippen LogP contribution is 2.27. The predicted molar refractivity (Wildman–Crippen MR) is 113 cm³/mol. The average molecular weight is 416 g/mol. The molecule has 5 heteroatoms. The monoisotopic (exact) mass is 415 g/mol. The van der Waals surface area contributed by atoms with Crippen molar-refractivity contribution in [2.75, 3.05) is 6.61 Å². The molecule has 1 N–H and O–H groups in total. The minimum absolute atomic E-state index is 0.124. The number of fused-ring (bicyclic) bond motifs is 1. The maximum absolute atomic E-state index is 12.3. The van der Waals surface area contributed by atoms with Gasteiger partial charge in [0.25, 0.3) is 0 Å². The Balaban J connectivity index is 1.32. The van der Waals surface area contributed by atoms with Crippen molar-refractivity contribution in [1.29, 1.82) is 0 Å². The molecule has 2 aliphatic rings. The Bertz CT molecular complexity index is 909. The second-order valence-corrected chi connectivity index (χ2v) is 8.29. The number of ketones is 1. The van der Waals surface area contributed by atoms with E-state index in [1.165, 1.54) is 5.57 Å². The zero-order chi connectivity index (χ0) is 19.5. The smallest absolute Gasteiger partial charge is 0.186 e. The molecule has 0 amide bonds. The highest BCUT2D eigenvalue weighted by atomic mass is 35.5. The van der Waals surface area contributed by atoms with Crippen molar-refractivity contribution in [1.82, 2.24) is 5.32 Å². The van der Waals surface area contributed by atoms with E-state index in [4.69, 9.17) is 27.9 Å². The van der Waals surface area contributed by atoms with Gasteiger partial charge in [-0.2, -0.15) is 0 Å². The van der Waals surface area contributed by atoms with Crippen LogP contribution >= 0.6 is 23.2 Å². The number of halogens is 2. The number of carbonyl (C=O) groups excluding carboxylic acids is 1. The maximum Gasteiger partial charge on any atom is 0.186 e. The van der Waals surface area contributed by atoms with E-state index < -0.39 is 0 Å². The first-order valence-electron chi connectivity index (χ1n) is 9.71. The van der Waals surface area contributed by atoms with E-state index >= 15 is 0 Å². The highest BCUT2D eigenvalue weighted by Gasteiger charge is 2.28. The van der Waals surface area contributed by atoms with Gasteiger partial charge in [-0.05, 0) is 55.0 Å². The Kier molecular flexibility index (Phi) is 6.17. The molecule has 0 spiro atoms. The number of hydrogen-bond donors (Lipinski definition) is 1. The summed E-state index contributed by atoms with van der Waals surface area (Å²) in [5.74, 6) is 0.124. The van der Waals surface area contributed by atoms with Gasteiger partial charge in [0.1, 0.15) is 0 Å². The lowest BCUT2D eigenvalue weighted by Gasteiger charge is -2.22. The largest absolute Gasteiger partial charge is 0.377 e. The van der Waals surface area contributed by atoms with Crippen molar-refractivity contribution in [3.63, 3.8) is 0 Å². The first kappa shape index (κ1) is 19.7. The van der Waals surface area contributed by atoms with Crippen LogP contribution in [0.5, 0.6) is 0 Å². The molecule has 0 bridgehead atoms. The zero-order valence-corrected chi connectivity index (χ0v) is 17.1. The number of nitrogens with one attached hydrogen (secondary N) is 1. The lowest BCUT2D eigenvalue weighted by molar-refractivity contribution is 0.0909. The summed E-state index contributed by atoms with van der Waals surface area (Å²) in [5, 5.41) is 4.75. The molecule has 4 rings (SSSR count). The Labute approximate surface area is 175 Å². The van der Waals surface area contributed by atoms with E-state index in [9.17, 15) is 4.79 Å². The summed E-state index contributed by atoms with van der Waals surface area (Å²) >= 11 is 12.1. The van der Waals surface area contributed by atoms with E-state index in [2.05, 4.69) is 5.32 Å². The van der Waals surface area contributed by atoms with E-state index in [0.717, 1.165) is 55.5 Å². The minimum atomic E-state index is 0.124. The van der Waals surface area contributed by atoms with Crippen LogP contribution in [0.3, 0.4) is 0 Å². The summed E-state index contributed by atoms with van der Waals surface area (Å²) in [6.07, 6.45) is 5.63. The Morgan fingerprint density at radius 3 is 2.82 bits per heavy atom. The molecular weight excluding hydrogens is 393 g/mol. The SMILES string of the molecule is O=C1C=C(CC[C@H]2OCC[C@@H]2NCc2ccc(Cl)c(Cl)c2)Cc2ccccc21. The fourth-order valence-corrected chi connectivity index (χ4v) is 4.35. The second kappa shape index (κ2) is 8.79. The topological polar surface area (TPSA) is 38.3 Å². The summed E-state index contributed by atoms with van der Waals surface area (Å²) in [7, 11) is 0. The molecule has 28 heavy (non-hydrogen) atoms. The molecule has 1 aliphatic carbocycles. The minimum Gasteiger partial charge on any atom is -0.377 e. The molecule has 1 fully saturated rings. The van der Waals surface area contributed by atoms with Gasteiger partial charge in [0.2, 0.25) is 0 Å². The van der Waals surface area contributed by atoms with Crippen LogP contribution in [-0.2, 0) is 17.7 Å². The van der Waals surface area contributed by atoms with Crippen LogP contribution in [0, 0.1) is 0 Å². The number of carbonyl (C=O) groups is 1. The molecule has 2 aromatic carbocycles. The van der Waals surface area contributed by atoms with Gasteiger partial charge < -0.3 is 10.1 Å². The number of rotatable bonds is 6. The van der Waals surface area contributed by atoms with Gasteiger partial charge in [0.15, 0.2) is 5.78 Å². The van der Waals surface area contributed by atoms with Gasteiger partial charge in [0.05, 0.1) is 16.1 Å². The molecule has 3 nitrogen and oxygen atoms in total. The van der Waals surface area contributed by atoms with Crippen LogP contribution in [0.15, 0.2) is 54.1 Å². The van der Waals surface area contributed by atoms with Crippen molar-refractivity contribution in [3.05, 3.63) is 80.8 Å². The summed E-state index contributed by atoms with van der Waals surface area (Å²) in [4.78, 5) is 12.3. The normalized spacial score (nSPS) is 21.5. The molecule has 0 saturated carbocycles. The standard InChI is InChI=1S/C23H23Cl2NO2/c24-19-7-5-16(12-20(19)25)14-26-21-9-10-28-23(21)8-6-15-11-17-3-1-2-4-18(17)22(27)13-15/h1-5,7,12-13,21,23,26H,6,8-11,14H2/t21-,23+/m0/s1. The number of allylic oxidation sites excluding steroid dienone is 2. The third-order valence-electron chi connectivity index (χ3n) is 5.55. The zero-order valence-electron chi connectivity index (χ0n) is 15.6. The second-order valence-electron chi connectivity index (χ2n) is 7.47. The number of benzene rings is 2. The lowest BCUT2D eigenvalue weighted by atomic mass is 9.88. The Morgan fingerprint density at radius 1 is 1.11 bits per heavy atom. The van der Waals surface area contributed by atoms with Crippen LogP contribution in [0.4, 0.5) is 0 Å². The average Bonchev–Trinajstić information content (AvgIpc) is 3.15. The molecule has 1 aliphatic heterocycles. The maximum atomic E-state index is 12.3. The lowest BCUT2D eigenvalue weighted by Crippen LogP contribution is -2.36. The fourth-order valence-electron chi connectivity index (χ4n) is 4.03. The quantitative estimate of drug-likeness (QED) is 0.687. The van der Waals surface area contributed by atoms with Crippen LogP contribution in [0.25, 0.3) is 0 Å². The molecule has 146 valence electrons. The summed E-state index contributed by atoms with van der Waals surface area (Å²) < 4.78 is 5.96. The van der Waals surface area contributed by atoms with Gasteiger partial charge in [-0.25, -0.2) is 0 Å². The molecule has 0 aromatic heterocycles. The molecule has 1 saturated heterocycles. The Morgan fingerprint density at radius 2 is 1.96 bits per heavy atom. The van der Waals surface area contributed by atoms with Gasteiger partial charge >= 0.3 is 0 Å². The van der Waals surface area contributed by atoms with Gasteiger partial charge in [-0.15, -0.1) is 0 Å². The van der Waals surface area contributed by atoms with Gasteiger partial charge in [-0.1, -0.05) is 59.1 Å². The van der Waals surface area contributed by atoms with E-state index in [1.807, 2.05) is 48.5 Å². The number of ether oxygens (including phenoxy) is 1. The van der Waals surface area contributed by atoms with Crippen molar-refractivity contribution in [2.24, 2.45) is 0 Å². The van der Waals surface area contributed by atoms with Crippen molar-refractivity contribution in [2.45, 2.75) is 44.4 Å². The molecular formula is C23H23Cl2NO2. The first-order chi connectivity index (χ1) is 13.6. The highest BCUT2D eigenvalue weighted by molar-refractivity contribution is 6.42. The number of hydrogen-bond acceptors (Lipinski definition) is 3. The summed E-state index contributed by atoms with van der Waals surface area (Å²) in [5.41, 5.74) is 4.27. The van der Waals surface area contributed by atoms with Crippen LogP contribution < -0.4 is 5.32 Å².